The molecule has 96 valence electrons. The molecule has 2 nitrogen and oxygen atoms in total. The van der Waals surface area contributed by atoms with Crippen LogP contribution in [0.3, 0.4) is 0 Å². The zero-order chi connectivity index (χ0) is 11.8. The molecule has 3 atom stereocenters. The molecule has 0 aliphatic heterocycles. The van der Waals surface area contributed by atoms with Crippen LogP contribution < -0.4 is 5.32 Å². The van der Waals surface area contributed by atoms with E-state index in [2.05, 4.69) is 19.2 Å². The fraction of sp³-hybridized carbons (Fsp3) is 1.00. The van der Waals surface area contributed by atoms with Crippen molar-refractivity contribution in [2.75, 3.05) is 20.3 Å². The fourth-order valence-electron chi connectivity index (χ4n) is 3.06. The summed E-state index contributed by atoms with van der Waals surface area (Å²) in [5.74, 6) is 1.91. The minimum absolute atomic E-state index is 0.733. The molecule has 0 saturated heterocycles. The van der Waals surface area contributed by atoms with Crippen LogP contribution in [0.15, 0.2) is 0 Å². The average Bonchev–Trinajstić information content (AvgIpc) is 2.76. The van der Waals surface area contributed by atoms with E-state index >= 15 is 0 Å². The van der Waals surface area contributed by atoms with Gasteiger partial charge in [-0.15, -0.1) is 0 Å². The lowest BCUT2D eigenvalue weighted by atomic mass is 9.92. The predicted molar refractivity (Wildman–Crippen MR) is 69.7 cm³/mol. The summed E-state index contributed by atoms with van der Waals surface area (Å²) >= 11 is 0. The van der Waals surface area contributed by atoms with Crippen LogP contribution in [0.25, 0.3) is 0 Å². The highest BCUT2D eigenvalue weighted by Gasteiger charge is 2.29. The van der Waals surface area contributed by atoms with Gasteiger partial charge in [-0.1, -0.05) is 26.7 Å². The van der Waals surface area contributed by atoms with Crippen molar-refractivity contribution in [1.82, 2.24) is 5.32 Å². The van der Waals surface area contributed by atoms with E-state index in [1.54, 1.807) is 7.11 Å². The molecule has 16 heavy (non-hydrogen) atoms. The normalized spacial score (nSPS) is 27.2. The molecule has 0 bridgehead atoms. The van der Waals surface area contributed by atoms with Crippen LogP contribution in [0, 0.1) is 11.8 Å². The third-order valence-electron chi connectivity index (χ3n) is 4.06. The zero-order valence-electron chi connectivity index (χ0n) is 11.3. The van der Waals surface area contributed by atoms with Crippen LogP contribution >= 0.6 is 0 Å². The van der Waals surface area contributed by atoms with Gasteiger partial charge < -0.3 is 10.1 Å². The zero-order valence-corrected chi connectivity index (χ0v) is 11.3. The Morgan fingerprint density at radius 2 is 2.12 bits per heavy atom. The van der Waals surface area contributed by atoms with Crippen LogP contribution in [0.4, 0.5) is 0 Å². The highest BCUT2D eigenvalue weighted by atomic mass is 16.5. The van der Waals surface area contributed by atoms with Gasteiger partial charge in [0.2, 0.25) is 0 Å². The van der Waals surface area contributed by atoms with Gasteiger partial charge >= 0.3 is 0 Å². The van der Waals surface area contributed by atoms with Crippen molar-refractivity contribution in [3.63, 3.8) is 0 Å². The highest BCUT2D eigenvalue weighted by Crippen LogP contribution is 2.35. The quantitative estimate of drug-likeness (QED) is 0.643. The summed E-state index contributed by atoms with van der Waals surface area (Å²) in [4.78, 5) is 0. The number of methoxy groups -OCH3 is 1. The first kappa shape index (κ1) is 14.0. The van der Waals surface area contributed by atoms with E-state index in [-0.39, 0.29) is 0 Å². The molecule has 1 saturated carbocycles. The molecule has 0 amide bonds. The largest absolute Gasteiger partial charge is 0.385 e. The minimum Gasteiger partial charge on any atom is -0.385 e. The van der Waals surface area contributed by atoms with Gasteiger partial charge in [0.15, 0.2) is 0 Å². The lowest BCUT2D eigenvalue weighted by Crippen LogP contribution is -2.35. The summed E-state index contributed by atoms with van der Waals surface area (Å²) < 4.78 is 5.15. The first-order chi connectivity index (χ1) is 7.81. The maximum absolute atomic E-state index is 5.15. The van der Waals surface area contributed by atoms with Crippen molar-refractivity contribution < 1.29 is 4.74 Å². The smallest absolute Gasteiger partial charge is 0.0462 e. The maximum atomic E-state index is 5.15. The van der Waals surface area contributed by atoms with Crippen LogP contribution in [-0.4, -0.2) is 26.3 Å². The summed E-state index contributed by atoms with van der Waals surface area (Å²) in [6, 6.07) is 0.733. The van der Waals surface area contributed by atoms with Gasteiger partial charge in [-0.25, -0.2) is 0 Å². The Morgan fingerprint density at radius 1 is 1.31 bits per heavy atom. The Balaban J connectivity index is 2.31. The molecule has 0 aromatic rings. The summed E-state index contributed by atoms with van der Waals surface area (Å²) in [5, 5.41) is 3.67. The Hall–Kier alpha value is -0.0800. The van der Waals surface area contributed by atoms with Crippen molar-refractivity contribution in [2.24, 2.45) is 11.8 Å². The molecular formula is C14H29NO. The van der Waals surface area contributed by atoms with Gasteiger partial charge in [0.1, 0.15) is 0 Å². The Kier molecular flexibility index (Phi) is 7.06. The molecule has 0 aromatic carbocycles. The van der Waals surface area contributed by atoms with E-state index in [9.17, 15) is 0 Å². The van der Waals surface area contributed by atoms with Gasteiger partial charge in [0.25, 0.3) is 0 Å². The molecular weight excluding hydrogens is 198 g/mol. The van der Waals surface area contributed by atoms with Crippen molar-refractivity contribution >= 4 is 0 Å². The summed E-state index contributed by atoms with van der Waals surface area (Å²) in [7, 11) is 1.80. The van der Waals surface area contributed by atoms with E-state index in [1.165, 1.54) is 38.5 Å². The predicted octanol–water partition coefficient (Wildman–Crippen LogP) is 3.22. The fourth-order valence-corrected chi connectivity index (χ4v) is 3.06. The van der Waals surface area contributed by atoms with E-state index < -0.39 is 0 Å². The topological polar surface area (TPSA) is 21.3 Å². The van der Waals surface area contributed by atoms with E-state index in [4.69, 9.17) is 4.74 Å². The second-order valence-electron chi connectivity index (χ2n) is 5.15. The summed E-state index contributed by atoms with van der Waals surface area (Å²) in [6.07, 6.45) is 8.18. The molecule has 1 aliphatic rings. The third-order valence-corrected chi connectivity index (χ3v) is 4.06. The molecule has 0 aromatic heterocycles. The van der Waals surface area contributed by atoms with Crippen molar-refractivity contribution in [3.05, 3.63) is 0 Å². The first-order valence-corrected chi connectivity index (χ1v) is 7.04. The molecule has 2 heteroatoms. The molecule has 3 unspecified atom stereocenters. The number of hydrogen-bond donors (Lipinski definition) is 1. The first-order valence-electron chi connectivity index (χ1n) is 7.04. The van der Waals surface area contributed by atoms with Crippen LogP contribution in [0.5, 0.6) is 0 Å². The number of nitrogens with one attached hydrogen (secondary N) is 1. The Bertz CT molecular complexity index is 172. The van der Waals surface area contributed by atoms with Gasteiger partial charge in [-0.05, 0) is 44.1 Å². The van der Waals surface area contributed by atoms with Gasteiger partial charge in [0.05, 0.1) is 0 Å². The number of rotatable bonds is 8. The SMILES string of the molecule is CCNC(CCCOC)C1CCC(CC)C1. The second kappa shape index (κ2) is 8.08. The third kappa shape index (κ3) is 4.42. The minimum atomic E-state index is 0.733. The van der Waals surface area contributed by atoms with Gasteiger partial charge in [-0.2, -0.15) is 0 Å². The lowest BCUT2D eigenvalue weighted by molar-refractivity contribution is 0.183. The maximum Gasteiger partial charge on any atom is 0.0462 e. The average molecular weight is 227 g/mol. The molecule has 0 spiro atoms. The number of ether oxygens (including phenoxy) is 1. The van der Waals surface area contributed by atoms with Crippen molar-refractivity contribution in [1.29, 1.82) is 0 Å². The van der Waals surface area contributed by atoms with Crippen molar-refractivity contribution in [3.8, 4) is 0 Å². The Morgan fingerprint density at radius 3 is 2.69 bits per heavy atom. The van der Waals surface area contributed by atoms with E-state index in [0.717, 1.165) is 31.0 Å². The monoisotopic (exact) mass is 227 g/mol. The van der Waals surface area contributed by atoms with Crippen LogP contribution in [0.2, 0.25) is 0 Å². The molecule has 1 aliphatic carbocycles. The van der Waals surface area contributed by atoms with Crippen molar-refractivity contribution in [2.45, 2.75) is 58.4 Å². The summed E-state index contributed by atoms with van der Waals surface area (Å²) in [6.45, 7) is 6.56. The lowest BCUT2D eigenvalue weighted by Gasteiger charge is -2.24. The molecule has 0 heterocycles. The number of hydrogen-bond acceptors (Lipinski definition) is 2. The molecule has 1 fully saturated rings. The molecule has 0 radical (unpaired) electrons. The standard InChI is InChI=1S/C14H29NO/c1-4-12-8-9-13(11-12)14(15-5-2)7-6-10-16-3/h12-15H,4-11H2,1-3H3. The highest BCUT2D eigenvalue weighted by molar-refractivity contribution is 4.84. The Labute approximate surface area is 101 Å². The second-order valence-corrected chi connectivity index (χ2v) is 5.15. The molecule has 1 rings (SSSR count). The van der Waals surface area contributed by atoms with Gasteiger partial charge in [-0.3, -0.25) is 0 Å². The van der Waals surface area contributed by atoms with E-state index in [1.807, 2.05) is 0 Å². The summed E-state index contributed by atoms with van der Waals surface area (Å²) in [5.41, 5.74) is 0. The van der Waals surface area contributed by atoms with Crippen LogP contribution in [-0.2, 0) is 4.74 Å². The van der Waals surface area contributed by atoms with Crippen LogP contribution in [0.1, 0.15) is 52.4 Å². The van der Waals surface area contributed by atoms with Gasteiger partial charge in [0, 0.05) is 19.8 Å². The molecule has 1 N–H and O–H groups in total. The van der Waals surface area contributed by atoms with E-state index in [0.29, 0.717) is 0 Å².